The van der Waals surface area contributed by atoms with Gasteiger partial charge in [-0.1, -0.05) is 17.7 Å². The number of anilines is 3. The molecule has 0 fully saturated rings. The molecule has 0 bridgehead atoms. The predicted molar refractivity (Wildman–Crippen MR) is 77.1 cm³/mol. The van der Waals surface area contributed by atoms with Crippen molar-refractivity contribution < 1.29 is 17.9 Å². The van der Waals surface area contributed by atoms with Crippen LogP contribution < -0.4 is 15.8 Å². The Hall–Kier alpha value is -2.08. The first-order valence-electron chi connectivity index (χ1n) is 5.89. The number of halogens is 4. The maximum Gasteiger partial charge on any atom is 0.418 e. The summed E-state index contributed by atoms with van der Waals surface area (Å²) in [6.07, 6.45) is -4.51. The molecule has 0 unspecified atom stereocenters. The highest BCUT2D eigenvalue weighted by Gasteiger charge is 2.33. The Morgan fingerprint density at radius 3 is 2.48 bits per heavy atom. The first-order valence-corrected chi connectivity index (χ1v) is 6.27. The number of para-hydroxylation sites is 1. The molecule has 0 spiro atoms. The molecular weight excluding hydrogens is 305 g/mol. The highest BCUT2D eigenvalue weighted by Crippen LogP contribution is 2.39. The Kier molecular flexibility index (Phi) is 4.18. The Labute approximate surface area is 124 Å². The van der Waals surface area contributed by atoms with Crippen molar-refractivity contribution in [1.29, 1.82) is 0 Å². The largest absolute Gasteiger partial charge is 0.497 e. The van der Waals surface area contributed by atoms with Crippen LogP contribution in [0.15, 0.2) is 36.4 Å². The number of nitrogen functional groups attached to an aromatic ring is 1. The van der Waals surface area contributed by atoms with Gasteiger partial charge in [-0.25, -0.2) is 0 Å². The van der Waals surface area contributed by atoms with E-state index in [1.165, 1.54) is 19.2 Å². The molecule has 0 heterocycles. The zero-order valence-corrected chi connectivity index (χ0v) is 11.7. The second-order valence-electron chi connectivity index (χ2n) is 4.24. The predicted octanol–water partition coefficient (Wildman–Crippen LogP) is 4.69. The fraction of sp³-hybridized carbons (Fsp3) is 0.143. The van der Waals surface area contributed by atoms with Crippen molar-refractivity contribution in [3.63, 3.8) is 0 Å². The van der Waals surface area contributed by atoms with Gasteiger partial charge in [-0.3, -0.25) is 0 Å². The van der Waals surface area contributed by atoms with Crippen LogP contribution >= 0.6 is 11.6 Å². The molecule has 2 aromatic rings. The first kappa shape index (κ1) is 15.3. The van der Waals surface area contributed by atoms with Gasteiger partial charge in [0.15, 0.2) is 0 Å². The van der Waals surface area contributed by atoms with Gasteiger partial charge in [-0.05, 0) is 24.3 Å². The van der Waals surface area contributed by atoms with Crippen LogP contribution in [0.1, 0.15) is 5.56 Å². The van der Waals surface area contributed by atoms with E-state index in [1.807, 2.05) is 0 Å². The smallest absolute Gasteiger partial charge is 0.418 e. The van der Waals surface area contributed by atoms with E-state index < -0.39 is 11.7 Å². The number of methoxy groups -OCH3 is 1. The van der Waals surface area contributed by atoms with Crippen molar-refractivity contribution in [2.45, 2.75) is 6.18 Å². The SMILES string of the molecule is COc1ccc(Cl)c(Nc2cccc(C(F)(F)F)c2N)c1. The molecule has 0 aliphatic rings. The van der Waals surface area contributed by atoms with E-state index in [-0.39, 0.29) is 11.4 Å². The second kappa shape index (κ2) is 5.73. The molecule has 7 heteroatoms. The molecule has 0 aliphatic heterocycles. The minimum Gasteiger partial charge on any atom is -0.497 e. The molecule has 0 atom stereocenters. The summed E-state index contributed by atoms with van der Waals surface area (Å²) in [4.78, 5) is 0. The lowest BCUT2D eigenvalue weighted by atomic mass is 10.1. The molecular formula is C14H12ClF3N2O. The van der Waals surface area contributed by atoms with E-state index in [1.54, 1.807) is 18.2 Å². The molecule has 3 nitrogen and oxygen atoms in total. The summed E-state index contributed by atoms with van der Waals surface area (Å²) in [5.74, 6) is 0.521. The molecule has 21 heavy (non-hydrogen) atoms. The Morgan fingerprint density at radius 2 is 1.86 bits per heavy atom. The number of benzene rings is 2. The van der Waals surface area contributed by atoms with Crippen molar-refractivity contribution >= 4 is 28.7 Å². The van der Waals surface area contributed by atoms with Crippen LogP contribution in [0.25, 0.3) is 0 Å². The summed E-state index contributed by atoms with van der Waals surface area (Å²) in [6.45, 7) is 0. The number of nitrogens with two attached hydrogens (primary N) is 1. The highest BCUT2D eigenvalue weighted by molar-refractivity contribution is 6.33. The van der Waals surface area contributed by atoms with Crippen LogP contribution in [0.3, 0.4) is 0 Å². The molecule has 0 saturated carbocycles. The van der Waals surface area contributed by atoms with E-state index in [4.69, 9.17) is 22.1 Å². The van der Waals surface area contributed by atoms with Crippen molar-refractivity contribution in [3.8, 4) is 5.75 Å². The van der Waals surface area contributed by atoms with Crippen LogP contribution in [-0.2, 0) is 6.18 Å². The third-order valence-corrected chi connectivity index (χ3v) is 3.18. The number of alkyl halides is 3. The van der Waals surface area contributed by atoms with Crippen LogP contribution in [0.5, 0.6) is 5.75 Å². The van der Waals surface area contributed by atoms with Crippen LogP contribution in [0.2, 0.25) is 5.02 Å². The number of rotatable bonds is 3. The van der Waals surface area contributed by atoms with E-state index in [9.17, 15) is 13.2 Å². The molecule has 0 saturated heterocycles. The zero-order chi connectivity index (χ0) is 15.6. The summed E-state index contributed by atoms with van der Waals surface area (Å²) in [7, 11) is 1.48. The Balaban J connectivity index is 2.41. The van der Waals surface area contributed by atoms with Gasteiger partial charge < -0.3 is 15.8 Å². The Morgan fingerprint density at radius 1 is 1.14 bits per heavy atom. The van der Waals surface area contributed by atoms with Gasteiger partial charge in [-0.15, -0.1) is 0 Å². The van der Waals surface area contributed by atoms with Crippen molar-refractivity contribution in [3.05, 3.63) is 47.0 Å². The summed E-state index contributed by atoms with van der Waals surface area (Å²) in [5.41, 5.74) is 4.83. The Bertz CT molecular complexity index is 659. The molecule has 0 radical (unpaired) electrons. The maximum absolute atomic E-state index is 12.8. The van der Waals surface area contributed by atoms with Crippen LogP contribution in [-0.4, -0.2) is 7.11 Å². The van der Waals surface area contributed by atoms with Gasteiger partial charge in [0.25, 0.3) is 0 Å². The fourth-order valence-electron chi connectivity index (χ4n) is 1.79. The first-order chi connectivity index (χ1) is 9.82. The third-order valence-electron chi connectivity index (χ3n) is 2.85. The van der Waals surface area contributed by atoms with Crippen LogP contribution in [0, 0.1) is 0 Å². The molecule has 2 aromatic carbocycles. The minimum atomic E-state index is -4.51. The zero-order valence-electron chi connectivity index (χ0n) is 11.0. The van der Waals surface area contributed by atoms with Crippen molar-refractivity contribution in [2.24, 2.45) is 0 Å². The summed E-state index contributed by atoms with van der Waals surface area (Å²) >= 11 is 6.00. The molecule has 0 aromatic heterocycles. The molecule has 112 valence electrons. The van der Waals surface area contributed by atoms with Gasteiger partial charge in [0.1, 0.15) is 5.75 Å². The van der Waals surface area contributed by atoms with Crippen LogP contribution in [0.4, 0.5) is 30.2 Å². The lowest BCUT2D eigenvalue weighted by Crippen LogP contribution is -2.10. The summed E-state index contributed by atoms with van der Waals surface area (Å²) < 4.78 is 43.5. The van der Waals surface area contributed by atoms with E-state index >= 15 is 0 Å². The molecule has 0 amide bonds. The lowest BCUT2D eigenvalue weighted by molar-refractivity contribution is -0.136. The monoisotopic (exact) mass is 316 g/mol. The number of nitrogens with one attached hydrogen (secondary N) is 1. The minimum absolute atomic E-state index is 0.125. The normalized spacial score (nSPS) is 11.3. The fourth-order valence-corrected chi connectivity index (χ4v) is 1.96. The molecule has 3 N–H and O–H groups in total. The molecule has 2 rings (SSSR count). The lowest BCUT2D eigenvalue weighted by Gasteiger charge is -2.16. The topological polar surface area (TPSA) is 47.3 Å². The third kappa shape index (κ3) is 3.33. The van der Waals surface area contributed by atoms with E-state index in [0.717, 1.165) is 6.07 Å². The van der Waals surface area contributed by atoms with Gasteiger partial charge in [0, 0.05) is 6.07 Å². The van der Waals surface area contributed by atoms with E-state index in [0.29, 0.717) is 16.5 Å². The molecule has 0 aliphatic carbocycles. The van der Waals surface area contributed by atoms with Gasteiger partial charge in [-0.2, -0.15) is 13.2 Å². The van der Waals surface area contributed by atoms with Gasteiger partial charge in [0.2, 0.25) is 0 Å². The van der Waals surface area contributed by atoms with Crippen molar-refractivity contribution in [1.82, 2.24) is 0 Å². The second-order valence-corrected chi connectivity index (χ2v) is 4.64. The number of ether oxygens (including phenoxy) is 1. The average Bonchev–Trinajstić information content (AvgIpc) is 2.42. The summed E-state index contributed by atoms with van der Waals surface area (Å²) in [6, 6.07) is 8.43. The summed E-state index contributed by atoms with van der Waals surface area (Å²) in [5, 5.41) is 3.13. The number of hydrogen-bond acceptors (Lipinski definition) is 3. The quantitative estimate of drug-likeness (QED) is 0.807. The highest BCUT2D eigenvalue weighted by atomic mass is 35.5. The van der Waals surface area contributed by atoms with Gasteiger partial charge >= 0.3 is 6.18 Å². The maximum atomic E-state index is 12.8. The number of hydrogen-bond donors (Lipinski definition) is 2. The van der Waals surface area contributed by atoms with Gasteiger partial charge in [0.05, 0.1) is 34.8 Å². The van der Waals surface area contributed by atoms with E-state index in [2.05, 4.69) is 5.32 Å². The average molecular weight is 317 g/mol. The van der Waals surface area contributed by atoms with Crippen molar-refractivity contribution in [2.75, 3.05) is 18.2 Å². The standard InChI is InChI=1S/C14H12ClF3N2O/c1-21-8-5-6-10(15)12(7-8)20-11-4-2-3-9(13(11)19)14(16,17)18/h2-7,20H,19H2,1H3.